The maximum Gasteiger partial charge on any atom is 0.254 e. The van der Waals surface area contributed by atoms with Crippen LogP contribution in [0.2, 0.25) is 0 Å². The van der Waals surface area contributed by atoms with E-state index < -0.39 is 0 Å². The average molecular weight is 307 g/mol. The number of hydrogen-bond donors (Lipinski definition) is 1. The van der Waals surface area contributed by atoms with E-state index in [0.717, 1.165) is 30.3 Å². The summed E-state index contributed by atoms with van der Waals surface area (Å²) in [6, 6.07) is 5.80. The minimum Gasteiger partial charge on any atom is -0.345 e. The summed E-state index contributed by atoms with van der Waals surface area (Å²) < 4.78 is 0. The van der Waals surface area contributed by atoms with Crippen molar-refractivity contribution in [1.82, 2.24) is 14.9 Å². The molecule has 0 radical (unpaired) electrons. The van der Waals surface area contributed by atoms with Crippen LogP contribution in [0.4, 0.5) is 0 Å². The number of H-pyrrole nitrogens is 1. The van der Waals surface area contributed by atoms with Crippen LogP contribution in [0.1, 0.15) is 29.6 Å². The van der Waals surface area contributed by atoms with Crippen molar-refractivity contribution < 1.29 is 4.79 Å². The Kier molecular flexibility index (Phi) is 4.42. The number of nitrogens with one attached hydrogen (secondary N) is 1. The Hall–Kier alpha value is -2.62. The first-order valence-electron chi connectivity index (χ1n) is 7.89. The quantitative estimate of drug-likeness (QED) is 0.853. The number of fused-ring (bicyclic) bond motifs is 1. The van der Waals surface area contributed by atoms with Gasteiger partial charge in [-0.2, -0.15) is 0 Å². The fourth-order valence-corrected chi connectivity index (χ4v) is 3.17. The number of nitrogens with zero attached hydrogens (tertiary/aromatic N) is 2. The molecule has 4 heteroatoms. The molecule has 1 N–H and O–H groups in total. The van der Waals surface area contributed by atoms with E-state index in [1.807, 2.05) is 35.3 Å². The van der Waals surface area contributed by atoms with Crippen molar-refractivity contribution in [1.29, 1.82) is 0 Å². The third-order valence-corrected chi connectivity index (χ3v) is 4.27. The molecule has 0 bridgehead atoms. The molecule has 2 heterocycles. The molecule has 1 aliphatic heterocycles. The van der Waals surface area contributed by atoms with Crippen molar-refractivity contribution in [2.75, 3.05) is 0 Å². The zero-order valence-corrected chi connectivity index (χ0v) is 13.1. The zero-order chi connectivity index (χ0) is 16.2. The van der Waals surface area contributed by atoms with E-state index in [9.17, 15) is 4.79 Å². The maximum absolute atomic E-state index is 13.1. The zero-order valence-electron chi connectivity index (χ0n) is 13.1. The first-order chi connectivity index (χ1) is 11.2. The molecular formula is C19H21N3O. The second kappa shape index (κ2) is 6.65. The summed E-state index contributed by atoms with van der Waals surface area (Å²) in [5.41, 5.74) is 2.43. The number of imidazole rings is 1. The highest BCUT2D eigenvalue weighted by Crippen LogP contribution is 2.25. The minimum atomic E-state index is 0.0459. The molecule has 0 spiro atoms. The molecule has 2 aromatic rings. The highest BCUT2D eigenvalue weighted by molar-refractivity contribution is 5.97. The number of benzene rings is 1. The van der Waals surface area contributed by atoms with Crippen molar-refractivity contribution in [2.24, 2.45) is 0 Å². The van der Waals surface area contributed by atoms with Crippen molar-refractivity contribution in [2.45, 2.75) is 31.3 Å². The van der Waals surface area contributed by atoms with E-state index in [-0.39, 0.29) is 18.0 Å². The number of hydrogen-bond acceptors (Lipinski definition) is 2. The van der Waals surface area contributed by atoms with Crippen LogP contribution in [0.25, 0.3) is 11.0 Å². The van der Waals surface area contributed by atoms with Crippen LogP contribution >= 0.6 is 0 Å². The molecular weight excluding hydrogens is 286 g/mol. The Balaban J connectivity index is 1.95. The van der Waals surface area contributed by atoms with Gasteiger partial charge in [-0.1, -0.05) is 24.3 Å². The second-order valence-corrected chi connectivity index (χ2v) is 5.78. The third kappa shape index (κ3) is 2.97. The Bertz CT molecular complexity index is 759. The lowest BCUT2D eigenvalue weighted by Gasteiger charge is -2.39. The topological polar surface area (TPSA) is 49.0 Å². The molecule has 1 amide bonds. The molecule has 1 aliphatic rings. The Morgan fingerprint density at radius 3 is 2.96 bits per heavy atom. The fourth-order valence-electron chi connectivity index (χ4n) is 3.17. The Labute approximate surface area is 136 Å². The second-order valence-electron chi connectivity index (χ2n) is 5.78. The van der Waals surface area contributed by atoms with Gasteiger partial charge in [0.05, 0.1) is 23.4 Å². The van der Waals surface area contributed by atoms with Crippen LogP contribution in [-0.2, 0) is 0 Å². The molecule has 2 atom stereocenters. The smallest absolute Gasteiger partial charge is 0.254 e. The molecule has 0 saturated carbocycles. The van der Waals surface area contributed by atoms with E-state index in [2.05, 4.69) is 35.3 Å². The fraction of sp³-hybridized carbons (Fsp3) is 0.263. The number of aromatic nitrogens is 2. The SMILES string of the molecule is C=CC[C@@H]1CC=C[C@@H](CC=C)N1C(=O)c1ccc2nc[nH]c2c1. The molecule has 23 heavy (non-hydrogen) atoms. The number of aromatic amines is 1. The summed E-state index contributed by atoms with van der Waals surface area (Å²) in [6.07, 6.45) is 12.1. The summed E-state index contributed by atoms with van der Waals surface area (Å²) in [7, 11) is 0. The van der Waals surface area contributed by atoms with E-state index in [0.29, 0.717) is 5.56 Å². The highest BCUT2D eigenvalue weighted by atomic mass is 16.2. The number of amides is 1. The van der Waals surface area contributed by atoms with Crippen LogP contribution in [0.15, 0.2) is 62.0 Å². The minimum absolute atomic E-state index is 0.0459. The highest BCUT2D eigenvalue weighted by Gasteiger charge is 2.30. The molecule has 4 nitrogen and oxygen atoms in total. The lowest BCUT2D eigenvalue weighted by Crippen LogP contribution is -2.48. The standard InChI is InChI=1S/C19H21N3O/c1-3-6-15-8-5-9-16(7-4-2)22(15)19(23)14-10-11-17-18(12-14)21-13-20-17/h3-5,8,10-13,15-16H,1-2,6-7,9H2,(H,20,21)/t15-,16-/m1/s1. The first kappa shape index (κ1) is 15.3. The lowest BCUT2D eigenvalue weighted by molar-refractivity contribution is 0.0607. The van der Waals surface area contributed by atoms with Gasteiger partial charge in [-0.25, -0.2) is 4.98 Å². The van der Waals surface area contributed by atoms with E-state index in [1.54, 1.807) is 6.33 Å². The Morgan fingerprint density at radius 2 is 2.17 bits per heavy atom. The predicted molar refractivity (Wildman–Crippen MR) is 93.2 cm³/mol. The number of carbonyl (C=O) groups is 1. The van der Waals surface area contributed by atoms with Gasteiger partial charge < -0.3 is 9.88 Å². The van der Waals surface area contributed by atoms with Crippen LogP contribution in [0.5, 0.6) is 0 Å². The van der Waals surface area contributed by atoms with Gasteiger partial charge >= 0.3 is 0 Å². The van der Waals surface area contributed by atoms with E-state index >= 15 is 0 Å². The summed E-state index contributed by atoms with van der Waals surface area (Å²) >= 11 is 0. The molecule has 0 aliphatic carbocycles. The van der Waals surface area contributed by atoms with Gasteiger partial charge in [0, 0.05) is 11.6 Å². The van der Waals surface area contributed by atoms with Crippen molar-refractivity contribution in [3.63, 3.8) is 0 Å². The van der Waals surface area contributed by atoms with Crippen LogP contribution in [0.3, 0.4) is 0 Å². The van der Waals surface area contributed by atoms with Crippen LogP contribution in [-0.4, -0.2) is 32.9 Å². The molecule has 118 valence electrons. The number of rotatable bonds is 5. The van der Waals surface area contributed by atoms with Gasteiger partial charge in [0.1, 0.15) is 0 Å². The lowest BCUT2D eigenvalue weighted by atomic mass is 9.96. The van der Waals surface area contributed by atoms with Crippen molar-refractivity contribution in [3.05, 3.63) is 67.6 Å². The molecule has 0 saturated heterocycles. The molecule has 0 unspecified atom stereocenters. The predicted octanol–water partition coefficient (Wildman–Crippen LogP) is 3.85. The summed E-state index contributed by atoms with van der Waals surface area (Å²) in [5.74, 6) is 0.0459. The molecule has 1 aromatic carbocycles. The van der Waals surface area contributed by atoms with Gasteiger partial charge in [0.2, 0.25) is 0 Å². The summed E-state index contributed by atoms with van der Waals surface area (Å²) in [5, 5.41) is 0. The van der Waals surface area contributed by atoms with Gasteiger partial charge in [-0.05, 0) is 37.5 Å². The van der Waals surface area contributed by atoms with Crippen molar-refractivity contribution in [3.8, 4) is 0 Å². The maximum atomic E-state index is 13.1. The Morgan fingerprint density at radius 1 is 1.35 bits per heavy atom. The molecule has 3 rings (SSSR count). The van der Waals surface area contributed by atoms with Crippen LogP contribution in [0, 0.1) is 0 Å². The average Bonchev–Trinajstić information content (AvgIpc) is 3.03. The first-order valence-corrected chi connectivity index (χ1v) is 7.89. The largest absolute Gasteiger partial charge is 0.345 e. The van der Waals surface area contributed by atoms with E-state index in [4.69, 9.17) is 0 Å². The van der Waals surface area contributed by atoms with Crippen molar-refractivity contribution >= 4 is 16.9 Å². The molecule has 0 fully saturated rings. The van der Waals surface area contributed by atoms with Gasteiger partial charge in [-0.15, -0.1) is 13.2 Å². The third-order valence-electron chi connectivity index (χ3n) is 4.27. The van der Waals surface area contributed by atoms with E-state index in [1.165, 1.54) is 0 Å². The summed E-state index contributed by atoms with van der Waals surface area (Å²) in [4.78, 5) is 22.4. The van der Waals surface area contributed by atoms with Gasteiger partial charge in [-0.3, -0.25) is 4.79 Å². The summed E-state index contributed by atoms with van der Waals surface area (Å²) in [6.45, 7) is 7.65. The monoisotopic (exact) mass is 307 g/mol. The molecule has 1 aromatic heterocycles. The van der Waals surface area contributed by atoms with Gasteiger partial charge in [0.25, 0.3) is 5.91 Å². The normalized spacial score (nSPS) is 20.6. The van der Waals surface area contributed by atoms with Crippen LogP contribution < -0.4 is 0 Å². The number of carbonyl (C=O) groups excluding carboxylic acids is 1. The van der Waals surface area contributed by atoms with Gasteiger partial charge in [0.15, 0.2) is 0 Å².